The van der Waals surface area contributed by atoms with Crippen LogP contribution in [0.15, 0.2) is 121 Å². The molecule has 5 rings (SSSR count). The minimum atomic E-state index is -0.512. The van der Waals surface area contributed by atoms with Crippen molar-refractivity contribution in [3.63, 3.8) is 0 Å². The van der Waals surface area contributed by atoms with Crippen molar-refractivity contribution in [1.29, 1.82) is 0 Å². The van der Waals surface area contributed by atoms with Gasteiger partial charge in [0.25, 0.3) is 0 Å². The highest BCUT2D eigenvalue weighted by atomic mass is 16.6. The monoisotopic (exact) mass is 553 g/mol. The Morgan fingerprint density at radius 3 is 1.00 bits per heavy atom. The van der Waals surface area contributed by atoms with E-state index in [1.807, 2.05) is 121 Å². The number of rotatable bonds is 13. The molecule has 0 heterocycles. The van der Waals surface area contributed by atoms with Crippen molar-refractivity contribution in [2.75, 3.05) is 7.11 Å². The summed E-state index contributed by atoms with van der Waals surface area (Å²) in [6.07, 6.45) is -2.48. The van der Waals surface area contributed by atoms with Crippen LogP contribution in [0.5, 0.6) is 0 Å². The van der Waals surface area contributed by atoms with E-state index in [1.54, 1.807) is 7.11 Å². The van der Waals surface area contributed by atoms with Crippen LogP contribution in [0.25, 0.3) is 0 Å². The smallest absolute Gasteiger partial charge is 0.115 e. The molecule has 1 aliphatic rings. The second-order valence-corrected chi connectivity index (χ2v) is 10.3. The third-order valence-electron chi connectivity index (χ3n) is 7.47. The minimum absolute atomic E-state index is 0.387. The molecule has 6 heteroatoms. The fourth-order valence-corrected chi connectivity index (χ4v) is 5.32. The van der Waals surface area contributed by atoms with Crippen molar-refractivity contribution >= 4 is 0 Å². The van der Waals surface area contributed by atoms with E-state index in [2.05, 4.69) is 0 Å². The number of ether oxygens (including phenoxy) is 5. The van der Waals surface area contributed by atoms with Crippen LogP contribution in [0.4, 0.5) is 0 Å². The minimum Gasteiger partial charge on any atom is -0.377 e. The Morgan fingerprint density at radius 2 is 0.683 bits per heavy atom. The molecule has 0 aliphatic heterocycles. The van der Waals surface area contributed by atoms with E-state index < -0.39 is 36.6 Å². The molecular formula is C35H39NO5. The predicted molar refractivity (Wildman–Crippen MR) is 159 cm³/mol. The van der Waals surface area contributed by atoms with Gasteiger partial charge >= 0.3 is 0 Å². The van der Waals surface area contributed by atoms with Crippen LogP contribution in [0.1, 0.15) is 22.3 Å². The van der Waals surface area contributed by atoms with Crippen molar-refractivity contribution in [3.8, 4) is 0 Å². The van der Waals surface area contributed by atoms with Crippen LogP contribution in [0.2, 0.25) is 0 Å². The van der Waals surface area contributed by atoms with Gasteiger partial charge in [-0.3, -0.25) is 0 Å². The third kappa shape index (κ3) is 7.89. The summed E-state index contributed by atoms with van der Waals surface area (Å²) in [5, 5.41) is 0. The van der Waals surface area contributed by atoms with Crippen molar-refractivity contribution < 1.29 is 23.7 Å². The second kappa shape index (κ2) is 15.0. The molecule has 0 saturated heterocycles. The molecule has 0 spiro atoms. The summed E-state index contributed by atoms with van der Waals surface area (Å²) in [4.78, 5) is 0. The predicted octanol–water partition coefficient (Wildman–Crippen LogP) is 5.68. The zero-order valence-electron chi connectivity index (χ0n) is 23.5. The van der Waals surface area contributed by atoms with Gasteiger partial charge in [0.15, 0.2) is 0 Å². The van der Waals surface area contributed by atoms with Crippen molar-refractivity contribution in [3.05, 3.63) is 144 Å². The van der Waals surface area contributed by atoms with Gasteiger partial charge in [-0.15, -0.1) is 0 Å². The maximum Gasteiger partial charge on any atom is 0.115 e. The molecule has 0 bridgehead atoms. The van der Waals surface area contributed by atoms with Gasteiger partial charge in [-0.05, 0) is 22.3 Å². The van der Waals surface area contributed by atoms with Gasteiger partial charge < -0.3 is 29.4 Å². The van der Waals surface area contributed by atoms with Crippen molar-refractivity contribution in [1.82, 2.24) is 0 Å². The van der Waals surface area contributed by atoms with E-state index in [1.165, 1.54) is 0 Å². The first-order valence-electron chi connectivity index (χ1n) is 14.1. The van der Waals surface area contributed by atoms with Gasteiger partial charge in [0, 0.05) is 7.11 Å². The molecular weight excluding hydrogens is 514 g/mol. The van der Waals surface area contributed by atoms with Gasteiger partial charge in [0.2, 0.25) is 0 Å². The molecule has 4 aromatic rings. The Balaban J connectivity index is 1.45. The molecule has 214 valence electrons. The summed E-state index contributed by atoms with van der Waals surface area (Å²) in [6.45, 7) is 1.56. The molecule has 1 saturated carbocycles. The maximum absolute atomic E-state index is 6.92. The summed E-state index contributed by atoms with van der Waals surface area (Å²) in [5.41, 5.74) is 11.1. The number of benzene rings is 4. The molecule has 6 nitrogen and oxygen atoms in total. The highest BCUT2D eigenvalue weighted by molar-refractivity contribution is 5.17. The summed E-state index contributed by atoms with van der Waals surface area (Å²) in [5.74, 6) is 0. The Kier molecular flexibility index (Phi) is 10.7. The molecule has 0 radical (unpaired) electrons. The number of hydrogen-bond acceptors (Lipinski definition) is 6. The van der Waals surface area contributed by atoms with E-state index >= 15 is 0 Å². The highest BCUT2D eigenvalue weighted by Gasteiger charge is 2.52. The molecule has 0 aromatic heterocycles. The summed E-state index contributed by atoms with van der Waals surface area (Å²) >= 11 is 0. The molecule has 2 N–H and O–H groups in total. The average molecular weight is 554 g/mol. The first kappa shape index (κ1) is 29.1. The largest absolute Gasteiger partial charge is 0.377 e. The van der Waals surface area contributed by atoms with Crippen LogP contribution in [0, 0.1) is 0 Å². The molecule has 1 fully saturated rings. The first-order chi connectivity index (χ1) is 20.2. The molecule has 6 atom stereocenters. The van der Waals surface area contributed by atoms with Crippen LogP contribution in [-0.4, -0.2) is 43.7 Å². The molecule has 0 amide bonds. The Labute approximate surface area is 243 Å². The van der Waals surface area contributed by atoms with Crippen LogP contribution >= 0.6 is 0 Å². The Bertz CT molecular complexity index is 1280. The molecule has 41 heavy (non-hydrogen) atoms. The van der Waals surface area contributed by atoms with E-state index in [-0.39, 0.29) is 0 Å². The van der Waals surface area contributed by atoms with Gasteiger partial charge in [-0.1, -0.05) is 121 Å². The Morgan fingerprint density at radius 1 is 0.415 bits per heavy atom. The van der Waals surface area contributed by atoms with E-state index in [0.717, 1.165) is 22.3 Å². The number of methoxy groups -OCH3 is 1. The lowest BCUT2D eigenvalue weighted by Gasteiger charge is -2.48. The fraction of sp³-hybridized carbons (Fsp3) is 0.314. The van der Waals surface area contributed by atoms with Gasteiger partial charge in [0.05, 0.1) is 32.5 Å². The highest BCUT2D eigenvalue weighted by Crippen LogP contribution is 2.33. The van der Waals surface area contributed by atoms with Crippen molar-refractivity contribution in [2.45, 2.75) is 63.0 Å². The topological polar surface area (TPSA) is 72.2 Å². The lowest BCUT2D eigenvalue weighted by atomic mass is 9.82. The third-order valence-corrected chi connectivity index (χ3v) is 7.47. The van der Waals surface area contributed by atoms with Gasteiger partial charge in [-0.25, -0.2) is 0 Å². The van der Waals surface area contributed by atoms with Crippen LogP contribution < -0.4 is 5.73 Å². The second-order valence-electron chi connectivity index (χ2n) is 10.3. The first-order valence-corrected chi connectivity index (χ1v) is 14.1. The quantitative estimate of drug-likeness (QED) is 0.230. The maximum atomic E-state index is 6.92. The number of hydrogen-bond donors (Lipinski definition) is 1. The van der Waals surface area contributed by atoms with E-state index in [4.69, 9.17) is 29.4 Å². The number of nitrogens with two attached hydrogens (primary N) is 1. The van der Waals surface area contributed by atoms with Gasteiger partial charge in [-0.2, -0.15) is 0 Å². The molecule has 4 aromatic carbocycles. The van der Waals surface area contributed by atoms with Crippen molar-refractivity contribution in [2.24, 2.45) is 5.73 Å². The summed E-state index contributed by atoms with van der Waals surface area (Å²) in [6, 6.07) is 39.8. The normalized spacial score (nSPS) is 24.2. The SMILES string of the molecule is CO[C@H]1[C@H](N)[C@H](OCc2ccccc2)[C@@H](OCc2ccccc2)[C@H](OCc2ccccc2)[C@H]1OCc1ccccc1. The lowest BCUT2D eigenvalue weighted by Crippen LogP contribution is -2.69. The zero-order valence-corrected chi connectivity index (χ0v) is 23.5. The summed E-state index contributed by atoms with van der Waals surface area (Å²) < 4.78 is 32.4. The molecule has 0 unspecified atom stereocenters. The summed E-state index contributed by atoms with van der Waals surface area (Å²) in [7, 11) is 1.66. The standard InChI is InChI=1S/C35H39NO5/c1-37-31-30(36)32(38-22-26-14-6-2-7-15-26)34(40-24-28-18-10-4-11-19-28)35(41-25-29-20-12-5-13-21-29)33(31)39-23-27-16-8-3-9-17-27/h2-21,30-35H,22-25,36H2,1H3/t30-,31-,32-,33-,34+,35+/m0/s1. The lowest BCUT2D eigenvalue weighted by molar-refractivity contribution is -0.251. The van der Waals surface area contributed by atoms with E-state index in [9.17, 15) is 0 Å². The van der Waals surface area contributed by atoms with Gasteiger partial charge in [0.1, 0.15) is 30.5 Å². The van der Waals surface area contributed by atoms with E-state index in [0.29, 0.717) is 26.4 Å². The van der Waals surface area contributed by atoms with Crippen LogP contribution in [-0.2, 0) is 50.1 Å². The zero-order chi connectivity index (χ0) is 28.3. The molecule has 1 aliphatic carbocycles. The van der Waals surface area contributed by atoms with Crippen LogP contribution in [0.3, 0.4) is 0 Å². The fourth-order valence-electron chi connectivity index (χ4n) is 5.32. The average Bonchev–Trinajstić information content (AvgIpc) is 3.03. The Hall–Kier alpha value is -3.36.